The van der Waals surface area contributed by atoms with Gasteiger partial charge in [-0.05, 0) is 6.42 Å². The normalized spacial score (nSPS) is 9.83. The van der Waals surface area contributed by atoms with Crippen molar-refractivity contribution in [3.63, 3.8) is 0 Å². The second kappa shape index (κ2) is 14.4. The summed E-state index contributed by atoms with van der Waals surface area (Å²) in [4.78, 5) is 10.2. The van der Waals surface area contributed by atoms with E-state index in [1.807, 2.05) is 0 Å². The maximum absolute atomic E-state index is 10.2. The van der Waals surface area contributed by atoms with Crippen LogP contribution in [-0.4, -0.2) is 22.6 Å². The van der Waals surface area contributed by atoms with E-state index in [1.165, 1.54) is 63.1 Å². The molecule has 0 fully saturated rings. The van der Waals surface area contributed by atoms with Gasteiger partial charge in [-0.1, -0.05) is 57.8 Å². The van der Waals surface area contributed by atoms with Crippen molar-refractivity contribution >= 4 is 17.7 Å². The van der Waals surface area contributed by atoms with Crippen LogP contribution >= 0.6 is 11.8 Å². The molecule has 0 aromatic rings. The molecule has 0 aliphatic heterocycles. The Morgan fingerprint density at radius 2 is 1.61 bits per heavy atom. The zero-order valence-corrected chi connectivity index (χ0v) is 12.4. The largest absolute Gasteiger partial charge is 0.481 e. The van der Waals surface area contributed by atoms with E-state index >= 15 is 0 Å². The molecular weight excluding hydrogens is 244 g/mol. The number of carboxylic acids is 1. The van der Waals surface area contributed by atoms with E-state index in [9.17, 15) is 4.79 Å². The van der Waals surface area contributed by atoms with Crippen LogP contribution in [0.25, 0.3) is 0 Å². The summed E-state index contributed by atoms with van der Waals surface area (Å²) in [6, 6.07) is 0. The minimum Gasteiger partial charge on any atom is -0.481 e. The van der Waals surface area contributed by atoms with Crippen molar-refractivity contribution in [1.82, 2.24) is 0 Å². The summed E-state index contributed by atoms with van der Waals surface area (Å²) < 4.78 is 0. The lowest BCUT2D eigenvalue weighted by molar-refractivity contribution is -0.133. The van der Waals surface area contributed by atoms with Crippen molar-refractivity contribution < 1.29 is 9.90 Å². The van der Waals surface area contributed by atoms with Crippen molar-refractivity contribution in [2.45, 2.75) is 64.7 Å². The molecule has 0 aromatic heterocycles. The fourth-order valence-electron chi connectivity index (χ4n) is 1.68. The zero-order chi connectivity index (χ0) is 13.5. The lowest BCUT2D eigenvalue weighted by Gasteiger charge is -1.99. The first-order chi connectivity index (χ1) is 8.77. The maximum Gasteiger partial charge on any atom is 0.313 e. The molecule has 0 aliphatic rings. The summed E-state index contributed by atoms with van der Waals surface area (Å²) in [5, 5.41) is 8.42. The van der Waals surface area contributed by atoms with Crippen LogP contribution in [0.1, 0.15) is 64.7 Å². The molecule has 0 radical (unpaired) electrons. The Kier molecular flexibility index (Phi) is 13.9. The topological polar surface area (TPSA) is 37.3 Å². The molecule has 0 spiro atoms. The average molecular weight is 270 g/mol. The van der Waals surface area contributed by atoms with Crippen molar-refractivity contribution in [3.05, 3.63) is 0 Å². The molecule has 18 heavy (non-hydrogen) atoms. The molecule has 1 N–H and O–H groups in total. The summed E-state index contributed by atoms with van der Waals surface area (Å²) in [6.45, 7) is 2.24. The Morgan fingerprint density at radius 1 is 1.00 bits per heavy atom. The highest BCUT2D eigenvalue weighted by molar-refractivity contribution is 8.00. The quantitative estimate of drug-likeness (QED) is 0.448. The molecule has 0 aromatic carbocycles. The fourth-order valence-corrected chi connectivity index (χ4v) is 2.16. The lowest BCUT2D eigenvalue weighted by atomic mass is 10.1. The van der Waals surface area contributed by atoms with Crippen molar-refractivity contribution in [3.8, 4) is 11.8 Å². The van der Waals surface area contributed by atoms with Gasteiger partial charge >= 0.3 is 5.97 Å². The van der Waals surface area contributed by atoms with E-state index in [0.29, 0.717) is 5.75 Å². The van der Waals surface area contributed by atoms with Crippen molar-refractivity contribution in [2.75, 3.05) is 11.5 Å². The third-order valence-corrected chi connectivity index (χ3v) is 3.48. The van der Waals surface area contributed by atoms with Gasteiger partial charge in [-0.3, -0.25) is 4.79 Å². The highest BCUT2D eigenvalue weighted by Gasteiger charge is 1.93. The molecule has 0 unspecified atom stereocenters. The van der Waals surface area contributed by atoms with E-state index in [4.69, 9.17) is 5.11 Å². The molecule has 0 atom stereocenters. The number of hydrogen-bond acceptors (Lipinski definition) is 2. The maximum atomic E-state index is 10.2. The van der Waals surface area contributed by atoms with Gasteiger partial charge in [0.05, 0.1) is 11.5 Å². The van der Waals surface area contributed by atoms with Gasteiger partial charge in [-0.25, -0.2) is 0 Å². The summed E-state index contributed by atoms with van der Waals surface area (Å²) in [7, 11) is 0. The number of rotatable bonds is 11. The van der Waals surface area contributed by atoms with Crippen LogP contribution in [0.15, 0.2) is 0 Å². The summed E-state index contributed by atoms with van der Waals surface area (Å²) >= 11 is 1.37. The molecule has 0 amide bonds. The summed E-state index contributed by atoms with van der Waals surface area (Å²) in [5.41, 5.74) is 0. The monoisotopic (exact) mass is 270 g/mol. The van der Waals surface area contributed by atoms with Crippen molar-refractivity contribution in [1.29, 1.82) is 0 Å². The predicted octanol–water partition coefficient (Wildman–Crippen LogP) is 4.34. The zero-order valence-electron chi connectivity index (χ0n) is 11.5. The van der Waals surface area contributed by atoms with Crippen LogP contribution in [0.3, 0.4) is 0 Å². The Morgan fingerprint density at radius 3 is 2.22 bits per heavy atom. The highest BCUT2D eigenvalue weighted by Crippen LogP contribution is 2.09. The SMILES string of the molecule is CCCCCCCCCCC#CCSCC(=O)O. The van der Waals surface area contributed by atoms with Gasteiger partial charge in [0.1, 0.15) is 0 Å². The second-order valence-corrected chi connectivity index (χ2v) is 5.45. The summed E-state index contributed by atoms with van der Waals surface area (Å²) in [5.74, 6) is 6.16. The van der Waals surface area contributed by atoms with E-state index in [1.54, 1.807) is 0 Å². The van der Waals surface area contributed by atoms with Gasteiger partial charge in [0.15, 0.2) is 0 Å². The Labute approximate surface area is 116 Å². The van der Waals surface area contributed by atoms with E-state index in [-0.39, 0.29) is 5.75 Å². The third-order valence-electron chi connectivity index (χ3n) is 2.68. The van der Waals surface area contributed by atoms with Gasteiger partial charge < -0.3 is 5.11 Å². The fraction of sp³-hybridized carbons (Fsp3) is 0.800. The van der Waals surface area contributed by atoms with Crippen LogP contribution in [-0.2, 0) is 4.79 Å². The minimum atomic E-state index is -0.759. The first kappa shape index (κ1) is 17.4. The highest BCUT2D eigenvalue weighted by atomic mass is 32.2. The Balaban J connectivity index is 3.10. The third kappa shape index (κ3) is 15.4. The first-order valence-corrected chi connectivity index (χ1v) is 8.18. The van der Waals surface area contributed by atoms with Gasteiger partial charge in [0.25, 0.3) is 0 Å². The molecule has 3 heteroatoms. The molecule has 0 bridgehead atoms. The van der Waals surface area contributed by atoms with E-state index in [2.05, 4.69) is 18.8 Å². The number of aliphatic carboxylic acids is 1. The Hall–Kier alpha value is -0.620. The molecule has 0 heterocycles. The average Bonchev–Trinajstić information content (AvgIpc) is 2.34. The number of unbranched alkanes of at least 4 members (excludes halogenated alkanes) is 8. The first-order valence-electron chi connectivity index (χ1n) is 7.02. The molecule has 0 aliphatic carbocycles. The number of carbonyl (C=O) groups is 1. The number of carboxylic acid groups (broad SMARTS) is 1. The van der Waals surface area contributed by atoms with Crippen LogP contribution < -0.4 is 0 Å². The van der Waals surface area contributed by atoms with Gasteiger partial charge in [-0.15, -0.1) is 17.7 Å². The molecule has 0 rings (SSSR count). The molecule has 104 valence electrons. The molecular formula is C15H26O2S. The summed E-state index contributed by atoms with van der Waals surface area (Å²) in [6.07, 6.45) is 11.6. The second-order valence-electron chi connectivity index (χ2n) is 4.46. The molecule has 2 nitrogen and oxygen atoms in total. The van der Waals surface area contributed by atoms with Crippen LogP contribution in [0.2, 0.25) is 0 Å². The minimum absolute atomic E-state index is 0.159. The Bertz CT molecular complexity index is 253. The standard InChI is InChI=1S/C15H26O2S/c1-2-3-4-5-6-7-8-9-10-11-12-13-18-14-15(16)17/h2-10,13-14H2,1H3,(H,16,17). The van der Waals surface area contributed by atoms with E-state index < -0.39 is 5.97 Å². The van der Waals surface area contributed by atoms with Crippen LogP contribution in [0.5, 0.6) is 0 Å². The lowest BCUT2D eigenvalue weighted by Crippen LogP contribution is -1.97. The number of thioether (sulfide) groups is 1. The van der Waals surface area contributed by atoms with Gasteiger partial charge in [-0.2, -0.15) is 0 Å². The number of hydrogen-bond donors (Lipinski definition) is 1. The molecule has 0 saturated carbocycles. The van der Waals surface area contributed by atoms with E-state index in [0.717, 1.165) is 6.42 Å². The van der Waals surface area contributed by atoms with Crippen LogP contribution in [0, 0.1) is 11.8 Å². The van der Waals surface area contributed by atoms with Gasteiger partial charge in [0.2, 0.25) is 0 Å². The predicted molar refractivity (Wildman–Crippen MR) is 80.0 cm³/mol. The molecule has 0 saturated heterocycles. The van der Waals surface area contributed by atoms with Crippen molar-refractivity contribution in [2.24, 2.45) is 0 Å². The van der Waals surface area contributed by atoms with Gasteiger partial charge in [0, 0.05) is 6.42 Å². The smallest absolute Gasteiger partial charge is 0.313 e. The van der Waals surface area contributed by atoms with Crippen LogP contribution in [0.4, 0.5) is 0 Å².